The van der Waals surface area contributed by atoms with Gasteiger partial charge in [-0.2, -0.15) is 4.98 Å². The topological polar surface area (TPSA) is 74.2 Å². The van der Waals surface area contributed by atoms with E-state index in [2.05, 4.69) is 10.1 Å². The van der Waals surface area contributed by atoms with Gasteiger partial charge in [-0.05, 0) is 25.7 Å². The number of hydrogen-bond acceptors (Lipinski definition) is 5. The minimum atomic E-state index is -0.151. The molecule has 1 aromatic heterocycles. The lowest BCUT2D eigenvalue weighted by atomic mass is 9.80. The van der Waals surface area contributed by atoms with Crippen molar-refractivity contribution in [2.45, 2.75) is 49.9 Å². The molecule has 6 heteroatoms. The summed E-state index contributed by atoms with van der Waals surface area (Å²) in [6.45, 7) is 2.03. The van der Waals surface area contributed by atoms with E-state index < -0.39 is 0 Å². The molecule has 1 aliphatic carbocycles. The monoisotopic (exact) mass is 287 g/mol. The maximum atomic E-state index is 5.95. The van der Waals surface area contributed by atoms with Crippen LogP contribution in [0, 0.1) is 0 Å². The van der Waals surface area contributed by atoms with Crippen molar-refractivity contribution in [2.75, 3.05) is 19.8 Å². The van der Waals surface area contributed by atoms with Crippen LogP contribution in [0.3, 0.4) is 0 Å². The Hall–Kier alpha value is -0.650. The summed E-state index contributed by atoms with van der Waals surface area (Å²) in [6, 6.07) is 0. The van der Waals surface area contributed by atoms with Crippen molar-refractivity contribution >= 4 is 12.4 Å². The number of halogens is 1. The summed E-state index contributed by atoms with van der Waals surface area (Å²) >= 11 is 0. The molecule has 0 aromatic carbocycles. The number of ether oxygens (including phenoxy) is 1. The summed E-state index contributed by atoms with van der Waals surface area (Å²) in [7, 11) is 0. The van der Waals surface area contributed by atoms with Crippen LogP contribution in [0.4, 0.5) is 0 Å². The SMILES string of the molecule is Cl.NCC1(c2nc(C3CCCC3)no2)CCOCC1. The molecule has 0 atom stereocenters. The Morgan fingerprint density at radius 2 is 1.89 bits per heavy atom. The van der Waals surface area contributed by atoms with Gasteiger partial charge in [0.15, 0.2) is 5.82 Å². The highest BCUT2D eigenvalue weighted by Crippen LogP contribution is 2.36. The lowest BCUT2D eigenvalue weighted by Crippen LogP contribution is -2.40. The maximum Gasteiger partial charge on any atom is 0.234 e. The van der Waals surface area contributed by atoms with Gasteiger partial charge in [-0.25, -0.2) is 0 Å². The van der Waals surface area contributed by atoms with Crippen molar-refractivity contribution in [3.05, 3.63) is 11.7 Å². The lowest BCUT2D eigenvalue weighted by molar-refractivity contribution is 0.0409. The molecule has 0 radical (unpaired) electrons. The van der Waals surface area contributed by atoms with Gasteiger partial charge in [0, 0.05) is 25.7 Å². The average Bonchev–Trinajstić information content (AvgIpc) is 3.10. The van der Waals surface area contributed by atoms with Crippen LogP contribution in [-0.2, 0) is 10.2 Å². The summed E-state index contributed by atoms with van der Waals surface area (Å²) in [6.07, 6.45) is 6.72. The molecule has 19 heavy (non-hydrogen) atoms. The molecule has 0 amide bonds. The zero-order chi connectivity index (χ0) is 12.4. The summed E-state index contributed by atoms with van der Waals surface area (Å²) < 4.78 is 10.9. The molecular formula is C13H22ClN3O2. The van der Waals surface area contributed by atoms with Crippen LogP contribution in [0.15, 0.2) is 4.52 Å². The second-order valence-electron chi connectivity index (χ2n) is 5.54. The third kappa shape index (κ3) is 2.78. The minimum Gasteiger partial charge on any atom is -0.381 e. The quantitative estimate of drug-likeness (QED) is 0.922. The van der Waals surface area contributed by atoms with Crippen molar-refractivity contribution in [1.82, 2.24) is 10.1 Å². The van der Waals surface area contributed by atoms with Crippen LogP contribution in [0.1, 0.15) is 56.2 Å². The molecular weight excluding hydrogens is 266 g/mol. The second kappa shape index (κ2) is 6.20. The average molecular weight is 288 g/mol. The van der Waals surface area contributed by atoms with E-state index in [-0.39, 0.29) is 17.8 Å². The number of nitrogens with zero attached hydrogens (tertiary/aromatic N) is 2. The molecule has 1 saturated heterocycles. The van der Waals surface area contributed by atoms with Gasteiger partial charge in [-0.1, -0.05) is 18.0 Å². The first-order valence-electron chi connectivity index (χ1n) is 6.96. The fourth-order valence-corrected chi connectivity index (χ4v) is 3.07. The largest absolute Gasteiger partial charge is 0.381 e. The van der Waals surface area contributed by atoms with E-state index in [0.29, 0.717) is 12.5 Å². The van der Waals surface area contributed by atoms with E-state index in [4.69, 9.17) is 15.0 Å². The van der Waals surface area contributed by atoms with Crippen LogP contribution in [-0.4, -0.2) is 29.9 Å². The molecule has 3 rings (SSSR count). The molecule has 0 spiro atoms. The summed E-state index contributed by atoms with van der Waals surface area (Å²) in [5.41, 5.74) is 5.80. The van der Waals surface area contributed by atoms with Crippen molar-refractivity contribution in [1.29, 1.82) is 0 Å². The third-order valence-corrected chi connectivity index (χ3v) is 4.46. The Bertz CT molecular complexity index is 398. The zero-order valence-corrected chi connectivity index (χ0v) is 12.0. The molecule has 1 aromatic rings. The van der Waals surface area contributed by atoms with Crippen LogP contribution in [0.5, 0.6) is 0 Å². The van der Waals surface area contributed by atoms with Crippen LogP contribution in [0.25, 0.3) is 0 Å². The predicted octanol–water partition coefficient (Wildman–Crippen LogP) is 2.16. The molecule has 1 saturated carbocycles. The van der Waals surface area contributed by atoms with Gasteiger partial charge in [-0.15, -0.1) is 12.4 Å². The third-order valence-electron chi connectivity index (χ3n) is 4.46. The fraction of sp³-hybridized carbons (Fsp3) is 0.846. The Balaban J connectivity index is 0.00000133. The van der Waals surface area contributed by atoms with Crippen molar-refractivity contribution < 1.29 is 9.26 Å². The van der Waals surface area contributed by atoms with Crippen LogP contribution < -0.4 is 5.73 Å². The molecule has 2 N–H and O–H groups in total. The van der Waals surface area contributed by atoms with Gasteiger partial charge in [0.25, 0.3) is 0 Å². The number of hydrogen-bond donors (Lipinski definition) is 1. The maximum absolute atomic E-state index is 5.95. The first kappa shape index (κ1) is 14.8. The molecule has 5 nitrogen and oxygen atoms in total. The minimum absolute atomic E-state index is 0. The van der Waals surface area contributed by atoms with E-state index in [1.807, 2.05) is 0 Å². The highest BCUT2D eigenvalue weighted by molar-refractivity contribution is 5.85. The van der Waals surface area contributed by atoms with Crippen molar-refractivity contribution in [3.8, 4) is 0 Å². The second-order valence-corrected chi connectivity index (χ2v) is 5.54. The van der Waals surface area contributed by atoms with E-state index in [0.717, 1.165) is 37.8 Å². The van der Waals surface area contributed by atoms with E-state index in [9.17, 15) is 0 Å². The Morgan fingerprint density at radius 1 is 1.21 bits per heavy atom. The number of rotatable bonds is 3. The van der Waals surface area contributed by atoms with Gasteiger partial charge >= 0.3 is 0 Å². The predicted molar refractivity (Wildman–Crippen MR) is 73.5 cm³/mol. The Labute approximate surface area is 119 Å². The number of aromatic nitrogens is 2. The highest BCUT2D eigenvalue weighted by atomic mass is 35.5. The zero-order valence-electron chi connectivity index (χ0n) is 11.1. The molecule has 0 unspecified atom stereocenters. The van der Waals surface area contributed by atoms with Crippen LogP contribution in [0.2, 0.25) is 0 Å². The summed E-state index contributed by atoms with van der Waals surface area (Å²) in [4.78, 5) is 4.65. The fourth-order valence-electron chi connectivity index (χ4n) is 3.07. The van der Waals surface area contributed by atoms with E-state index in [1.54, 1.807) is 0 Å². The van der Waals surface area contributed by atoms with Gasteiger partial charge in [0.05, 0.1) is 5.41 Å². The lowest BCUT2D eigenvalue weighted by Gasteiger charge is -2.32. The van der Waals surface area contributed by atoms with E-state index >= 15 is 0 Å². The molecule has 108 valence electrons. The van der Waals surface area contributed by atoms with Crippen molar-refractivity contribution in [2.24, 2.45) is 5.73 Å². The first-order valence-corrected chi connectivity index (χ1v) is 6.96. The molecule has 2 heterocycles. The normalized spacial score (nSPS) is 23.2. The number of nitrogens with two attached hydrogens (primary N) is 1. The summed E-state index contributed by atoms with van der Waals surface area (Å²) in [5.74, 6) is 2.12. The first-order chi connectivity index (χ1) is 8.84. The molecule has 1 aliphatic heterocycles. The van der Waals surface area contributed by atoms with Gasteiger partial charge < -0.3 is 15.0 Å². The van der Waals surface area contributed by atoms with Gasteiger partial charge in [0.1, 0.15) is 0 Å². The standard InChI is InChI=1S/C13H21N3O2.ClH/c14-9-13(5-7-17-8-6-13)12-15-11(16-18-12)10-3-1-2-4-10;/h10H,1-9,14H2;1H. The van der Waals surface area contributed by atoms with Crippen LogP contribution >= 0.6 is 12.4 Å². The highest BCUT2D eigenvalue weighted by Gasteiger charge is 2.39. The van der Waals surface area contributed by atoms with E-state index in [1.165, 1.54) is 25.7 Å². The Kier molecular flexibility index (Phi) is 4.81. The Morgan fingerprint density at radius 3 is 2.53 bits per heavy atom. The molecule has 0 bridgehead atoms. The molecule has 2 fully saturated rings. The van der Waals surface area contributed by atoms with Gasteiger partial charge in [0.2, 0.25) is 5.89 Å². The van der Waals surface area contributed by atoms with Crippen molar-refractivity contribution in [3.63, 3.8) is 0 Å². The smallest absolute Gasteiger partial charge is 0.234 e. The molecule has 2 aliphatic rings. The van der Waals surface area contributed by atoms with Gasteiger partial charge in [-0.3, -0.25) is 0 Å². The summed E-state index contributed by atoms with van der Waals surface area (Å²) in [5, 5.41) is 4.18.